The van der Waals surface area contributed by atoms with Gasteiger partial charge in [-0.25, -0.2) is 0 Å². The quantitative estimate of drug-likeness (QED) is 0.584. The standard InChI is InChI=1S/C20H19NO2S2/c24-20(25-12-14-8-9-18-19(10-14)23-13-22-18)7-3-4-15-11-21-17-6-2-1-5-16(15)17/h1-2,5-6,8-11,21H,3-4,7,12-13H2. The third kappa shape index (κ3) is 3.83. The first kappa shape index (κ1) is 16.5. The lowest BCUT2D eigenvalue weighted by Gasteiger charge is -2.05. The zero-order chi connectivity index (χ0) is 17.1. The van der Waals surface area contributed by atoms with Gasteiger partial charge in [-0.15, -0.1) is 11.8 Å². The van der Waals surface area contributed by atoms with E-state index in [1.807, 2.05) is 12.1 Å². The zero-order valence-electron chi connectivity index (χ0n) is 13.8. The molecule has 0 amide bonds. The van der Waals surface area contributed by atoms with E-state index in [2.05, 4.69) is 41.5 Å². The number of ether oxygens (including phenoxy) is 2. The Labute approximate surface area is 156 Å². The van der Waals surface area contributed by atoms with E-state index in [9.17, 15) is 0 Å². The fraction of sp³-hybridized carbons (Fsp3) is 0.250. The van der Waals surface area contributed by atoms with Crippen LogP contribution in [0.5, 0.6) is 11.5 Å². The van der Waals surface area contributed by atoms with E-state index >= 15 is 0 Å². The number of hydrogen-bond donors (Lipinski definition) is 1. The molecular weight excluding hydrogens is 350 g/mol. The average molecular weight is 370 g/mol. The number of thioether (sulfide) groups is 1. The molecule has 4 rings (SSSR count). The van der Waals surface area contributed by atoms with Crippen molar-refractivity contribution in [2.45, 2.75) is 25.0 Å². The van der Waals surface area contributed by atoms with Crippen LogP contribution in [-0.4, -0.2) is 16.0 Å². The molecule has 1 aromatic heterocycles. The number of aromatic amines is 1. The van der Waals surface area contributed by atoms with Crippen LogP contribution >= 0.6 is 24.0 Å². The first-order valence-corrected chi connectivity index (χ1v) is 9.78. The number of aromatic nitrogens is 1. The molecule has 0 fully saturated rings. The van der Waals surface area contributed by atoms with Crippen molar-refractivity contribution >= 4 is 39.1 Å². The molecule has 0 spiro atoms. The summed E-state index contributed by atoms with van der Waals surface area (Å²) in [6, 6.07) is 14.5. The highest BCUT2D eigenvalue weighted by Gasteiger charge is 2.13. The molecule has 1 N–H and O–H groups in total. The molecule has 0 radical (unpaired) electrons. The Morgan fingerprint density at radius 2 is 2.00 bits per heavy atom. The summed E-state index contributed by atoms with van der Waals surface area (Å²) in [6.07, 6.45) is 5.21. The Kier molecular flexibility index (Phi) is 4.95. The SMILES string of the molecule is S=C(CCCc1c[nH]c2ccccc12)SCc1ccc2c(c1)OCO2. The fourth-order valence-corrected chi connectivity index (χ4v) is 4.15. The average Bonchev–Trinajstić information content (AvgIpc) is 3.26. The molecule has 0 atom stereocenters. The minimum atomic E-state index is 0.318. The summed E-state index contributed by atoms with van der Waals surface area (Å²) in [6.45, 7) is 0.318. The number of rotatable bonds is 6. The smallest absolute Gasteiger partial charge is 0.231 e. The van der Waals surface area contributed by atoms with Crippen molar-refractivity contribution in [1.82, 2.24) is 4.98 Å². The van der Waals surface area contributed by atoms with Gasteiger partial charge >= 0.3 is 0 Å². The number of thiocarbonyl (C=S) groups is 1. The molecule has 3 aromatic rings. The van der Waals surface area contributed by atoms with Crippen molar-refractivity contribution in [1.29, 1.82) is 0 Å². The van der Waals surface area contributed by atoms with Crippen LogP contribution in [0.4, 0.5) is 0 Å². The number of hydrogen-bond acceptors (Lipinski definition) is 4. The summed E-state index contributed by atoms with van der Waals surface area (Å²) >= 11 is 7.29. The second-order valence-corrected chi connectivity index (χ2v) is 7.88. The first-order chi connectivity index (χ1) is 12.3. The van der Waals surface area contributed by atoms with Crippen LogP contribution in [0, 0.1) is 0 Å². The van der Waals surface area contributed by atoms with E-state index in [1.54, 1.807) is 11.8 Å². The number of para-hydroxylation sites is 1. The molecule has 0 unspecified atom stereocenters. The highest BCUT2D eigenvalue weighted by atomic mass is 32.2. The van der Waals surface area contributed by atoms with Gasteiger partial charge in [-0.1, -0.05) is 36.5 Å². The normalized spacial score (nSPS) is 12.6. The number of aryl methyl sites for hydroxylation is 1. The molecule has 0 saturated carbocycles. The van der Waals surface area contributed by atoms with E-state index in [4.69, 9.17) is 21.7 Å². The Hall–Kier alpha value is -1.98. The van der Waals surface area contributed by atoms with Crippen LogP contribution < -0.4 is 9.47 Å². The Morgan fingerprint density at radius 3 is 2.96 bits per heavy atom. The van der Waals surface area contributed by atoms with Crippen molar-refractivity contribution < 1.29 is 9.47 Å². The second-order valence-electron chi connectivity index (χ2n) is 6.06. The summed E-state index contributed by atoms with van der Waals surface area (Å²) in [7, 11) is 0. The second kappa shape index (κ2) is 7.50. The van der Waals surface area contributed by atoms with Gasteiger partial charge in [-0.2, -0.15) is 0 Å². The van der Waals surface area contributed by atoms with E-state index in [0.29, 0.717) is 6.79 Å². The first-order valence-electron chi connectivity index (χ1n) is 8.39. The molecule has 0 bridgehead atoms. The molecule has 25 heavy (non-hydrogen) atoms. The third-order valence-electron chi connectivity index (χ3n) is 4.34. The van der Waals surface area contributed by atoms with E-state index in [-0.39, 0.29) is 0 Å². The van der Waals surface area contributed by atoms with Gasteiger partial charge in [0.15, 0.2) is 11.5 Å². The minimum absolute atomic E-state index is 0.318. The number of benzene rings is 2. The van der Waals surface area contributed by atoms with Gasteiger partial charge in [0.1, 0.15) is 0 Å². The van der Waals surface area contributed by atoms with Crippen molar-refractivity contribution in [2.24, 2.45) is 0 Å². The zero-order valence-corrected chi connectivity index (χ0v) is 15.4. The third-order valence-corrected chi connectivity index (χ3v) is 5.90. The Morgan fingerprint density at radius 1 is 1.12 bits per heavy atom. The van der Waals surface area contributed by atoms with Gasteiger partial charge < -0.3 is 14.5 Å². The summed E-state index contributed by atoms with van der Waals surface area (Å²) < 4.78 is 11.8. The molecule has 1 aliphatic heterocycles. The lowest BCUT2D eigenvalue weighted by atomic mass is 10.1. The largest absolute Gasteiger partial charge is 0.454 e. The van der Waals surface area contributed by atoms with Crippen molar-refractivity contribution in [3.05, 3.63) is 59.8 Å². The predicted octanol–water partition coefficient (Wildman–Crippen LogP) is 5.48. The summed E-state index contributed by atoms with van der Waals surface area (Å²) in [5, 5.41) is 1.32. The molecule has 1 aliphatic rings. The van der Waals surface area contributed by atoms with Crippen molar-refractivity contribution in [3.8, 4) is 11.5 Å². The monoisotopic (exact) mass is 369 g/mol. The summed E-state index contributed by atoms with van der Waals surface area (Å²) in [5.41, 5.74) is 3.80. The van der Waals surface area contributed by atoms with Crippen molar-refractivity contribution in [2.75, 3.05) is 6.79 Å². The maximum absolute atomic E-state index is 5.54. The highest BCUT2D eigenvalue weighted by Crippen LogP contribution is 2.33. The van der Waals surface area contributed by atoms with Crippen molar-refractivity contribution in [3.63, 3.8) is 0 Å². The molecule has 5 heteroatoms. The van der Waals surface area contributed by atoms with Crippen LogP contribution in [0.2, 0.25) is 0 Å². The molecule has 0 aliphatic carbocycles. The summed E-state index contributed by atoms with van der Waals surface area (Å²) in [4.78, 5) is 3.33. The Bertz CT molecular complexity index is 904. The predicted molar refractivity (Wildman–Crippen MR) is 108 cm³/mol. The lowest BCUT2D eigenvalue weighted by molar-refractivity contribution is 0.174. The number of fused-ring (bicyclic) bond motifs is 2. The number of nitrogens with one attached hydrogen (secondary N) is 1. The topological polar surface area (TPSA) is 34.2 Å². The van der Waals surface area contributed by atoms with Gasteiger partial charge in [0.2, 0.25) is 6.79 Å². The highest BCUT2D eigenvalue weighted by molar-refractivity contribution is 8.22. The van der Waals surface area contributed by atoms with Gasteiger partial charge in [0, 0.05) is 27.0 Å². The molecule has 3 nitrogen and oxygen atoms in total. The number of H-pyrrole nitrogens is 1. The van der Waals surface area contributed by atoms with Crippen LogP contribution in [0.25, 0.3) is 10.9 Å². The molecule has 2 aromatic carbocycles. The van der Waals surface area contributed by atoms with E-state index in [1.165, 1.54) is 22.0 Å². The molecular formula is C20H19NO2S2. The van der Waals surface area contributed by atoms with Crippen LogP contribution in [0.15, 0.2) is 48.7 Å². The van der Waals surface area contributed by atoms with E-state index in [0.717, 1.165) is 40.7 Å². The van der Waals surface area contributed by atoms with Gasteiger partial charge in [0.25, 0.3) is 0 Å². The van der Waals surface area contributed by atoms with E-state index < -0.39 is 0 Å². The fourth-order valence-electron chi connectivity index (χ4n) is 3.03. The van der Waals surface area contributed by atoms with Crippen LogP contribution in [-0.2, 0) is 12.2 Å². The summed E-state index contributed by atoms with van der Waals surface area (Å²) in [5.74, 6) is 2.54. The molecule has 128 valence electrons. The van der Waals surface area contributed by atoms with Gasteiger partial charge in [-0.3, -0.25) is 0 Å². The van der Waals surface area contributed by atoms with Crippen LogP contribution in [0.3, 0.4) is 0 Å². The molecule has 2 heterocycles. The molecule has 0 saturated heterocycles. The Balaban J connectivity index is 1.25. The maximum atomic E-state index is 5.54. The lowest BCUT2D eigenvalue weighted by Crippen LogP contribution is -1.93. The minimum Gasteiger partial charge on any atom is -0.454 e. The van der Waals surface area contributed by atoms with Gasteiger partial charge in [-0.05, 0) is 48.6 Å². The van der Waals surface area contributed by atoms with Gasteiger partial charge in [0.05, 0.1) is 0 Å². The maximum Gasteiger partial charge on any atom is 0.231 e. The van der Waals surface area contributed by atoms with Crippen LogP contribution in [0.1, 0.15) is 24.0 Å².